The van der Waals surface area contributed by atoms with Crippen LogP contribution in [0.3, 0.4) is 0 Å². The molecule has 7 heteroatoms. The smallest absolute Gasteiger partial charge is 0.404 e. The van der Waals surface area contributed by atoms with Gasteiger partial charge in [-0.15, -0.1) is 0 Å². The zero-order valence-electron chi connectivity index (χ0n) is 11.2. The Morgan fingerprint density at radius 1 is 1.43 bits per heavy atom. The van der Waals surface area contributed by atoms with Crippen LogP contribution in [0.1, 0.15) is 24.3 Å². The Labute approximate surface area is 120 Å². The van der Waals surface area contributed by atoms with E-state index in [0.717, 1.165) is 6.07 Å². The van der Waals surface area contributed by atoms with Crippen molar-refractivity contribution in [3.63, 3.8) is 0 Å². The van der Waals surface area contributed by atoms with Gasteiger partial charge < -0.3 is 10.5 Å². The van der Waals surface area contributed by atoms with Crippen LogP contribution in [0.2, 0.25) is 0 Å². The number of primary amides is 1. The highest BCUT2D eigenvalue weighted by Crippen LogP contribution is 2.28. The van der Waals surface area contributed by atoms with Crippen molar-refractivity contribution in [3.8, 4) is 6.07 Å². The van der Waals surface area contributed by atoms with Gasteiger partial charge in [0.25, 0.3) is 0 Å². The van der Waals surface area contributed by atoms with E-state index in [0.29, 0.717) is 12.8 Å². The van der Waals surface area contributed by atoms with E-state index in [2.05, 4.69) is 5.32 Å². The van der Waals surface area contributed by atoms with Crippen LogP contribution in [0.5, 0.6) is 0 Å². The first kappa shape index (κ1) is 15.2. The molecule has 1 aliphatic rings. The maximum atomic E-state index is 13.8. The molecule has 1 unspecified atom stereocenters. The Hall–Kier alpha value is -2.20. The van der Waals surface area contributed by atoms with E-state index in [-0.39, 0.29) is 18.0 Å². The van der Waals surface area contributed by atoms with Gasteiger partial charge in [0.05, 0.1) is 6.07 Å². The average Bonchev–Trinajstić information content (AvgIpc) is 2.64. The number of rotatable bonds is 2. The molecular formula is C14H15F2N3O2. The quantitative estimate of drug-likeness (QED) is 0.870. The van der Waals surface area contributed by atoms with Gasteiger partial charge in [-0.2, -0.15) is 5.26 Å². The van der Waals surface area contributed by atoms with Crippen molar-refractivity contribution in [1.29, 1.82) is 5.26 Å². The highest BCUT2D eigenvalue weighted by atomic mass is 19.2. The van der Waals surface area contributed by atoms with E-state index in [1.165, 1.54) is 12.1 Å². The van der Waals surface area contributed by atoms with Gasteiger partial charge in [-0.05, 0) is 30.4 Å². The number of nitrogens with one attached hydrogen (secondary N) is 1. The first-order chi connectivity index (χ1) is 10.0. The molecule has 0 radical (unpaired) electrons. The van der Waals surface area contributed by atoms with E-state index in [9.17, 15) is 13.6 Å². The van der Waals surface area contributed by atoms with Crippen LogP contribution in [0.4, 0.5) is 13.6 Å². The lowest BCUT2D eigenvalue weighted by Crippen LogP contribution is -2.41. The highest BCUT2D eigenvalue weighted by molar-refractivity contribution is 5.65. The number of ether oxygens (including phenoxy) is 1. The normalized spacial score (nSPS) is 25.7. The summed E-state index contributed by atoms with van der Waals surface area (Å²) in [5.41, 5.74) is 5.22. The number of amides is 1. The topological polar surface area (TPSA) is 88.1 Å². The predicted molar refractivity (Wildman–Crippen MR) is 70.2 cm³/mol. The lowest BCUT2D eigenvalue weighted by Gasteiger charge is -2.18. The first-order valence-corrected chi connectivity index (χ1v) is 6.56. The molecule has 0 aliphatic carbocycles. The largest absolute Gasteiger partial charge is 0.444 e. The van der Waals surface area contributed by atoms with Crippen molar-refractivity contribution < 1.29 is 18.3 Å². The van der Waals surface area contributed by atoms with E-state index < -0.39 is 29.9 Å². The Kier molecular flexibility index (Phi) is 4.70. The Bertz CT molecular complexity index is 574. The monoisotopic (exact) mass is 295 g/mol. The second-order valence-corrected chi connectivity index (χ2v) is 4.91. The minimum absolute atomic E-state index is 0.249. The van der Waals surface area contributed by atoms with Gasteiger partial charge in [-0.3, -0.25) is 5.32 Å². The molecule has 0 saturated carbocycles. The van der Waals surface area contributed by atoms with Gasteiger partial charge in [-0.1, -0.05) is 12.1 Å². The minimum atomic E-state index is -0.961. The van der Waals surface area contributed by atoms with Crippen LogP contribution >= 0.6 is 0 Å². The fourth-order valence-electron chi connectivity index (χ4n) is 2.54. The summed E-state index contributed by atoms with van der Waals surface area (Å²) in [6.45, 7) is 0.289. The van der Waals surface area contributed by atoms with Gasteiger partial charge in [0.2, 0.25) is 0 Å². The number of hydrogen-bond donors (Lipinski definition) is 2. The van der Waals surface area contributed by atoms with E-state index >= 15 is 0 Å². The van der Waals surface area contributed by atoms with Crippen molar-refractivity contribution in [2.24, 2.45) is 5.73 Å². The number of carbonyl (C=O) groups is 1. The SMILES string of the molecule is N#CC1NC[C@H](c2cccc(F)c2F)CC[C@H]1OC(N)=O. The van der Waals surface area contributed by atoms with Crippen LogP contribution in [0.15, 0.2) is 18.2 Å². The van der Waals surface area contributed by atoms with Crippen molar-refractivity contribution in [2.75, 3.05) is 6.54 Å². The predicted octanol–water partition coefficient (Wildman–Crippen LogP) is 1.79. The number of nitrogens with two attached hydrogens (primary N) is 1. The fourth-order valence-corrected chi connectivity index (χ4v) is 2.54. The van der Waals surface area contributed by atoms with Crippen molar-refractivity contribution in [2.45, 2.75) is 30.9 Å². The second kappa shape index (κ2) is 6.50. The molecule has 5 nitrogen and oxygen atoms in total. The zero-order chi connectivity index (χ0) is 15.4. The van der Waals surface area contributed by atoms with Gasteiger partial charge in [0, 0.05) is 6.54 Å². The van der Waals surface area contributed by atoms with Crippen LogP contribution in [-0.4, -0.2) is 24.8 Å². The standard InChI is InChI=1S/C14H15F2N3O2/c15-10-3-1-2-9(13(10)16)8-4-5-12(21-14(18)20)11(6-17)19-7-8/h1-3,8,11-12,19H,4-5,7H2,(H2,18,20)/t8-,11?,12-/m1/s1. The number of nitrogens with zero attached hydrogens (tertiary/aromatic N) is 1. The molecule has 0 bridgehead atoms. The number of halogens is 2. The molecule has 112 valence electrons. The summed E-state index contributed by atoms with van der Waals surface area (Å²) in [5.74, 6) is -2.09. The van der Waals surface area contributed by atoms with Crippen LogP contribution in [0, 0.1) is 23.0 Å². The molecule has 1 aromatic rings. The Balaban J connectivity index is 2.17. The molecule has 3 N–H and O–H groups in total. The highest BCUT2D eigenvalue weighted by Gasteiger charge is 2.31. The van der Waals surface area contributed by atoms with E-state index in [4.69, 9.17) is 15.7 Å². The summed E-state index contributed by atoms with van der Waals surface area (Å²) in [4.78, 5) is 10.8. The van der Waals surface area contributed by atoms with Crippen LogP contribution in [-0.2, 0) is 4.74 Å². The van der Waals surface area contributed by atoms with Crippen molar-refractivity contribution >= 4 is 6.09 Å². The van der Waals surface area contributed by atoms with Crippen LogP contribution < -0.4 is 11.1 Å². The first-order valence-electron chi connectivity index (χ1n) is 6.56. The summed E-state index contributed by atoms with van der Waals surface area (Å²) < 4.78 is 32.0. The van der Waals surface area contributed by atoms with E-state index in [1.54, 1.807) is 0 Å². The average molecular weight is 295 g/mol. The molecule has 1 fully saturated rings. The Morgan fingerprint density at radius 2 is 2.19 bits per heavy atom. The van der Waals surface area contributed by atoms with E-state index in [1.807, 2.05) is 6.07 Å². The van der Waals surface area contributed by atoms with Gasteiger partial charge >= 0.3 is 6.09 Å². The van der Waals surface area contributed by atoms with Crippen molar-refractivity contribution in [3.05, 3.63) is 35.4 Å². The lowest BCUT2D eigenvalue weighted by molar-refractivity contribution is 0.0911. The third kappa shape index (κ3) is 3.47. The summed E-state index contributed by atoms with van der Waals surface area (Å²) >= 11 is 0. The summed E-state index contributed by atoms with van der Waals surface area (Å²) in [6, 6.07) is 5.28. The molecular weight excluding hydrogens is 280 g/mol. The number of hydrogen-bond acceptors (Lipinski definition) is 4. The third-order valence-electron chi connectivity index (χ3n) is 3.58. The molecule has 0 aromatic heterocycles. The fraction of sp³-hybridized carbons (Fsp3) is 0.429. The minimum Gasteiger partial charge on any atom is -0.444 e. The summed E-state index contributed by atoms with van der Waals surface area (Å²) in [6.07, 6.45) is -0.871. The number of benzene rings is 1. The number of nitriles is 1. The molecule has 3 atom stereocenters. The van der Waals surface area contributed by atoms with Crippen molar-refractivity contribution in [1.82, 2.24) is 5.32 Å². The molecule has 1 aromatic carbocycles. The zero-order valence-corrected chi connectivity index (χ0v) is 11.2. The third-order valence-corrected chi connectivity index (χ3v) is 3.58. The lowest BCUT2D eigenvalue weighted by atomic mass is 9.93. The second-order valence-electron chi connectivity index (χ2n) is 4.91. The number of carbonyl (C=O) groups excluding carboxylic acids is 1. The van der Waals surface area contributed by atoms with Gasteiger partial charge in [-0.25, -0.2) is 13.6 Å². The molecule has 1 amide bonds. The maximum Gasteiger partial charge on any atom is 0.404 e. The van der Waals surface area contributed by atoms with Gasteiger partial charge in [0.1, 0.15) is 12.1 Å². The van der Waals surface area contributed by atoms with Crippen LogP contribution in [0.25, 0.3) is 0 Å². The molecule has 1 aliphatic heterocycles. The Morgan fingerprint density at radius 3 is 2.86 bits per heavy atom. The molecule has 1 heterocycles. The molecule has 1 saturated heterocycles. The maximum absolute atomic E-state index is 13.8. The summed E-state index contributed by atoms with van der Waals surface area (Å²) in [5, 5.41) is 12.0. The summed E-state index contributed by atoms with van der Waals surface area (Å²) in [7, 11) is 0. The molecule has 2 rings (SSSR count). The van der Waals surface area contributed by atoms with Gasteiger partial charge in [0.15, 0.2) is 11.6 Å². The molecule has 21 heavy (non-hydrogen) atoms. The molecule has 0 spiro atoms.